The molecular formula is C19H25ClN2OS. The Hall–Kier alpha value is -1.36. The van der Waals surface area contributed by atoms with Gasteiger partial charge in [0.05, 0.1) is 6.42 Å². The molecule has 5 heteroatoms. The van der Waals surface area contributed by atoms with Gasteiger partial charge in [-0.1, -0.05) is 30.3 Å². The number of hydrogen-bond acceptors (Lipinski definition) is 3. The number of carbonyl (C=O) groups excluding carboxylic acids is 1. The Bertz CT molecular complexity index is 607. The van der Waals surface area contributed by atoms with Crippen molar-refractivity contribution < 1.29 is 4.79 Å². The van der Waals surface area contributed by atoms with E-state index in [1.165, 1.54) is 16.9 Å². The van der Waals surface area contributed by atoms with Gasteiger partial charge in [0.2, 0.25) is 5.91 Å². The lowest BCUT2D eigenvalue weighted by molar-refractivity contribution is -0.120. The maximum Gasteiger partial charge on any atom is 0.224 e. The predicted molar refractivity (Wildman–Crippen MR) is 103 cm³/mol. The largest absolute Gasteiger partial charge is 0.355 e. The maximum absolute atomic E-state index is 12.0. The zero-order chi connectivity index (χ0) is 15.9. The Kier molecular flexibility index (Phi) is 7.76. The fourth-order valence-electron chi connectivity index (χ4n) is 3.04. The van der Waals surface area contributed by atoms with Crippen molar-refractivity contribution in [3.05, 3.63) is 57.8 Å². The average molecular weight is 365 g/mol. The first-order valence-corrected chi connectivity index (χ1v) is 9.25. The third-order valence-corrected chi connectivity index (χ3v) is 5.28. The summed E-state index contributed by atoms with van der Waals surface area (Å²) in [4.78, 5) is 13.3. The number of nitrogens with one attached hydrogen (secondary N) is 2. The molecule has 0 saturated carbocycles. The molecule has 130 valence electrons. The number of hydrogen-bond donors (Lipinski definition) is 2. The number of amides is 1. The van der Waals surface area contributed by atoms with Crippen LogP contribution in [-0.2, 0) is 24.1 Å². The molecule has 2 N–H and O–H groups in total. The van der Waals surface area contributed by atoms with Gasteiger partial charge in [-0.2, -0.15) is 0 Å². The van der Waals surface area contributed by atoms with Crippen LogP contribution in [-0.4, -0.2) is 25.5 Å². The number of carbonyl (C=O) groups is 1. The van der Waals surface area contributed by atoms with E-state index in [0.717, 1.165) is 37.4 Å². The first kappa shape index (κ1) is 19.0. The molecule has 1 aliphatic heterocycles. The third kappa shape index (κ3) is 5.93. The van der Waals surface area contributed by atoms with Crippen LogP contribution in [0.2, 0.25) is 0 Å². The maximum atomic E-state index is 12.0. The summed E-state index contributed by atoms with van der Waals surface area (Å²) in [5.74, 6) is 0.871. The van der Waals surface area contributed by atoms with Crippen LogP contribution in [0.15, 0.2) is 41.8 Å². The van der Waals surface area contributed by atoms with Crippen LogP contribution in [0.4, 0.5) is 0 Å². The Balaban J connectivity index is 0.00000208. The SMILES string of the molecule is Cl.O=C(Cc1ccc(CC2CCNC2)cc1)NCCc1cccs1. The van der Waals surface area contributed by atoms with Gasteiger partial charge in [-0.25, -0.2) is 0 Å². The van der Waals surface area contributed by atoms with Crippen molar-refractivity contribution in [1.29, 1.82) is 0 Å². The van der Waals surface area contributed by atoms with Crippen LogP contribution in [0, 0.1) is 5.92 Å². The lowest BCUT2D eigenvalue weighted by Gasteiger charge is -2.09. The van der Waals surface area contributed by atoms with E-state index in [9.17, 15) is 4.79 Å². The first-order chi connectivity index (χ1) is 11.3. The molecule has 1 unspecified atom stereocenters. The molecular weight excluding hydrogens is 340 g/mol. The molecule has 1 aliphatic rings. The Labute approximate surface area is 154 Å². The highest BCUT2D eigenvalue weighted by atomic mass is 35.5. The molecule has 2 aromatic rings. The summed E-state index contributed by atoms with van der Waals surface area (Å²) in [6.45, 7) is 2.99. The third-order valence-electron chi connectivity index (χ3n) is 4.35. The average Bonchev–Trinajstić information content (AvgIpc) is 3.23. The van der Waals surface area contributed by atoms with Crippen molar-refractivity contribution >= 4 is 29.7 Å². The van der Waals surface area contributed by atoms with Gasteiger partial charge < -0.3 is 10.6 Å². The topological polar surface area (TPSA) is 41.1 Å². The molecule has 1 atom stereocenters. The number of thiophene rings is 1. The van der Waals surface area contributed by atoms with Gasteiger partial charge in [0, 0.05) is 11.4 Å². The lowest BCUT2D eigenvalue weighted by Crippen LogP contribution is -2.27. The minimum atomic E-state index is 0. The second-order valence-electron chi connectivity index (χ2n) is 6.24. The van der Waals surface area contributed by atoms with Crippen LogP contribution >= 0.6 is 23.7 Å². The van der Waals surface area contributed by atoms with Gasteiger partial charge in [-0.15, -0.1) is 23.7 Å². The van der Waals surface area contributed by atoms with Crippen molar-refractivity contribution in [2.45, 2.75) is 25.7 Å². The molecule has 0 radical (unpaired) electrons. The normalized spacial score (nSPS) is 16.6. The summed E-state index contributed by atoms with van der Waals surface area (Å²) in [7, 11) is 0. The summed E-state index contributed by atoms with van der Waals surface area (Å²) < 4.78 is 0. The van der Waals surface area contributed by atoms with Gasteiger partial charge in [0.25, 0.3) is 0 Å². The van der Waals surface area contributed by atoms with Crippen molar-refractivity contribution in [2.75, 3.05) is 19.6 Å². The van der Waals surface area contributed by atoms with Crippen LogP contribution in [0.1, 0.15) is 22.4 Å². The molecule has 24 heavy (non-hydrogen) atoms. The summed E-state index contributed by atoms with van der Waals surface area (Å²) in [6, 6.07) is 12.7. The van der Waals surface area contributed by atoms with Crippen molar-refractivity contribution in [3.63, 3.8) is 0 Å². The van der Waals surface area contributed by atoms with Crippen molar-refractivity contribution in [2.24, 2.45) is 5.92 Å². The van der Waals surface area contributed by atoms with E-state index in [1.807, 2.05) is 6.07 Å². The van der Waals surface area contributed by atoms with Crippen LogP contribution in [0.5, 0.6) is 0 Å². The number of rotatable bonds is 7. The van der Waals surface area contributed by atoms with Crippen molar-refractivity contribution in [1.82, 2.24) is 10.6 Å². The van der Waals surface area contributed by atoms with Gasteiger partial charge in [-0.05, 0) is 60.8 Å². The molecule has 1 amide bonds. The second-order valence-corrected chi connectivity index (χ2v) is 7.27. The van der Waals surface area contributed by atoms with E-state index >= 15 is 0 Å². The molecule has 3 rings (SSSR count). The van der Waals surface area contributed by atoms with Gasteiger partial charge in [-0.3, -0.25) is 4.79 Å². The molecule has 0 spiro atoms. The van der Waals surface area contributed by atoms with Crippen LogP contribution < -0.4 is 10.6 Å². The number of halogens is 1. The van der Waals surface area contributed by atoms with Crippen LogP contribution in [0.25, 0.3) is 0 Å². The fraction of sp³-hybridized carbons (Fsp3) is 0.421. The van der Waals surface area contributed by atoms with E-state index in [2.05, 4.69) is 46.3 Å². The standard InChI is InChI=1S/C19H24N2OS.ClH/c22-19(21-10-8-18-2-1-11-23-18)13-16-5-3-15(4-6-16)12-17-7-9-20-14-17;/h1-6,11,17,20H,7-10,12-14H2,(H,21,22);1H. The highest BCUT2D eigenvalue weighted by molar-refractivity contribution is 7.09. The molecule has 1 aromatic carbocycles. The quantitative estimate of drug-likeness (QED) is 0.792. The van der Waals surface area contributed by atoms with Crippen molar-refractivity contribution in [3.8, 4) is 0 Å². The lowest BCUT2D eigenvalue weighted by atomic mass is 9.97. The highest BCUT2D eigenvalue weighted by Gasteiger charge is 2.14. The first-order valence-electron chi connectivity index (χ1n) is 8.37. The molecule has 1 saturated heterocycles. The zero-order valence-corrected chi connectivity index (χ0v) is 15.4. The predicted octanol–water partition coefficient (Wildman–Crippen LogP) is 3.22. The summed E-state index contributed by atoms with van der Waals surface area (Å²) in [5.41, 5.74) is 2.47. The van der Waals surface area contributed by atoms with E-state index < -0.39 is 0 Å². The summed E-state index contributed by atoms with van der Waals surface area (Å²) in [6.07, 6.45) is 3.79. The Morgan fingerprint density at radius 1 is 1.21 bits per heavy atom. The van der Waals surface area contributed by atoms with E-state index in [-0.39, 0.29) is 18.3 Å². The molecule has 3 nitrogen and oxygen atoms in total. The van der Waals surface area contributed by atoms with Gasteiger partial charge >= 0.3 is 0 Å². The highest BCUT2D eigenvalue weighted by Crippen LogP contribution is 2.16. The Morgan fingerprint density at radius 3 is 2.67 bits per heavy atom. The van der Waals surface area contributed by atoms with Gasteiger partial charge in [0.15, 0.2) is 0 Å². The van der Waals surface area contributed by atoms with Gasteiger partial charge in [0.1, 0.15) is 0 Å². The second kappa shape index (κ2) is 9.82. The number of benzene rings is 1. The minimum absolute atomic E-state index is 0. The smallest absolute Gasteiger partial charge is 0.224 e. The zero-order valence-electron chi connectivity index (χ0n) is 13.8. The summed E-state index contributed by atoms with van der Waals surface area (Å²) in [5, 5.41) is 8.48. The van der Waals surface area contributed by atoms with E-state index in [0.29, 0.717) is 13.0 Å². The van der Waals surface area contributed by atoms with E-state index in [1.54, 1.807) is 11.3 Å². The van der Waals surface area contributed by atoms with Crippen LogP contribution in [0.3, 0.4) is 0 Å². The molecule has 0 bridgehead atoms. The minimum Gasteiger partial charge on any atom is -0.355 e. The monoisotopic (exact) mass is 364 g/mol. The molecule has 2 heterocycles. The molecule has 0 aliphatic carbocycles. The fourth-order valence-corrected chi connectivity index (χ4v) is 3.75. The molecule has 1 fully saturated rings. The van der Waals surface area contributed by atoms with E-state index in [4.69, 9.17) is 0 Å². The summed E-state index contributed by atoms with van der Waals surface area (Å²) >= 11 is 1.74. The Morgan fingerprint density at radius 2 is 2.00 bits per heavy atom. The molecule has 1 aromatic heterocycles.